The molecule has 0 spiro atoms. The van der Waals surface area contributed by atoms with Crippen molar-refractivity contribution >= 4 is 11.6 Å². The van der Waals surface area contributed by atoms with E-state index in [1.807, 2.05) is 45.0 Å². The number of aromatic amines is 1. The zero-order chi connectivity index (χ0) is 15.2. The second-order valence-corrected chi connectivity index (χ2v) is 6.21. The number of aromatic nitrogens is 2. The summed E-state index contributed by atoms with van der Waals surface area (Å²) in [6, 6.07) is 7.51. The van der Waals surface area contributed by atoms with E-state index in [9.17, 15) is 4.79 Å². The fraction of sp³-hybridized carbons (Fsp3) is 0.375. The molecule has 1 aliphatic heterocycles. The number of benzene rings is 1. The van der Waals surface area contributed by atoms with Crippen LogP contribution in [0.5, 0.6) is 5.88 Å². The molecule has 0 aliphatic carbocycles. The smallest absolute Gasteiger partial charge is 0.258 e. The average Bonchev–Trinajstić information content (AvgIpc) is 2.70. The minimum absolute atomic E-state index is 0.123. The van der Waals surface area contributed by atoms with Crippen molar-refractivity contribution in [1.29, 1.82) is 0 Å². The molecule has 0 amide bonds. The zero-order valence-corrected chi connectivity index (χ0v) is 13.0. The van der Waals surface area contributed by atoms with Crippen molar-refractivity contribution in [1.82, 2.24) is 9.97 Å². The van der Waals surface area contributed by atoms with Crippen LogP contribution >= 0.6 is 11.6 Å². The first-order valence-electron chi connectivity index (χ1n) is 7.00. The Balaban J connectivity index is 2.18. The number of aryl methyl sites for hydroxylation is 1. The molecular weight excluding hydrogens is 288 g/mol. The van der Waals surface area contributed by atoms with Crippen molar-refractivity contribution in [2.75, 3.05) is 0 Å². The molecule has 0 radical (unpaired) electrons. The fourth-order valence-corrected chi connectivity index (χ4v) is 3.01. The predicted octanol–water partition coefficient (Wildman–Crippen LogP) is 3.29. The first kappa shape index (κ1) is 14.1. The maximum Gasteiger partial charge on any atom is 0.258 e. The molecule has 5 heteroatoms. The molecule has 21 heavy (non-hydrogen) atoms. The average molecular weight is 305 g/mol. The summed E-state index contributed by atoms with van der Waals surface area (Å²) in [7, 11) is 0. The third kappa shape index (κ3) is 2.33. The summed E-state index contributed by atoms with van der Waals surface area (Å²) in [5.74, 6) is 0.929. The Hall–Kier alpha value is -1.81. The van der Waals surface area contributed by atoms with E-state index in [1.165, 1.54) is 0 Å². The van der Waals surface area contributed by atoms with Gasteiger partial charge in [-0.15, -0.1) is 0 Å². The maximum atomic E-state index is 12.4. The van der Waals surface area contributed by atoms with Crippen molar-refractivity contribution in [3.05, 3.63) is 56.6 Å². The van der Waals surface area contributed by atoms with Crippen molar-refractivity contribution in [3.8, 4) is 5.88 Å². The lowest BCUT2D eigenvalue weighted by Gasteiger charge is -2.26. The molecule has 110 valence electrons. The molecule has 0 bridgehead atoms. The second-order valence-electron chi connectivity index (χ2n) is 5.78. The number of nitrogens with zero attached hydrogens (tertiary/aromatic N) is 1. The highest BCUT2D eigenvalue weighted by atomic mass is 35.5. The topological polar surface area (TPSA) is 55.0 Å². The number of hydrogen-bond donors (Lipinski definition) is 1. The minimum atomic E-state index is -0.525. The first-order chi connectivity index (χ1) is 9.92. The molecule has 4 nitrogen and oxygen atoms in total. The van der Waals surface area contributed by atoms with E-state index in [4.69, 9.17) is 16.3 Å². The molecule has 1 aromatic heterocycles. The SMILES string of the molecule is CCc1nc2c(c(=O)[nH]1)C(c1ccc(Cl)cc1)C(C)(C)O2. The summed E-state index contributed by atoms with van der Waals surface area (Å²) in [5, 5.41) is 0.670. The van der Waals surface area contributed by atoms with E-state index in [1.54, 1.807) is 0 Å². The van der Waals surface area contributed by atoms with E-state index in [0.717, 1.165) is 5.56 Å². The summed E-state index contributed by atoms with van der Waals surface area (Å²) >= 11 is 5.95. The molecule has 2 heterocycles. The van der Waals surface area contributed by atoms with Gasteiger partial charge in [0.25, 0.3) is 5.56 Å². The number of rotatable bonds is 2. The Labute approximate surface area is 128 Å². The maximum absolute atomic E-state index is 12.4. The van der Waals surface area contributed by atoms with Crippen LogP contribution in [-0.4, -0.2) is 15.6 Å². The van der Waals surface area contributed by atoms with Crippen LogP contribution in [-0.2, 0) is 6.42 Å². The van der Waals surface area contributed by atoms with Crippen LogP contribution in [0.3, 0.4) is 0 Å². The van der Waals surface area contributed by atoms with E-state index < -0.39 is 5.60 Å². The quantitative estimate of drug-likeness (QED) is 0.926. The van der Waals surface area contributed by atoms with Crippen LogP contribution in [0.25, 0.3) is 0 Å². The number of halogens is 1. The van der Waals surface area contributed by atoms with E-state index in [0.29, 0.717) is 28.7 Å². The van der Waals surface area contributed by atoms with Gasteiger partial charge in [0.15, 0.2) is 0 Å². The summed E-state index contributed by atoms with van der Waals surface area (Å²) in [6.45, 7) is 5.89. The molecule has 0 saturated carbocycles. The summed E-state index contributed by atoms with van der Waals surface area (Å²) < 4.78 is 5.95. The standard InChI is InChI=1S/C16H17ClN2O2/c1-4-11-18-14(20)12-13(9-5-7-10(17)8-6-9)16(2,3)21-15(12)19-11/h5-8,13H,4H2,1-3H3,(H,18,19,20). The molecule has 0 fully saturated rings. The lowest BCUT2D eigenvalue weighted by molar-refractivity contribution is 0.117. The fourth-order valence-electron chi connectivity index (χ4n) is 2.89. The van der Waals surface area contributed by atoms with Crippen LogP contribution in [0, 0.1) is 0 Å². The molecule has 1 atom stereocenters. The Morgan fingerprint density at radius 2 is 2.00 bits per heavy atom. The Morgan fingerprint density at radius 3 is 2.62 bits per heavy atom. The largest absolute Gasteiger partial charge is 0.470 e. The molecule has 1 N–H and O–H groups in total. The highest BCUT2D eigenvalue weighted by Crippen LogP contribution is 2.45. The van der Waals surface area contributed by atoms with Crippen molar-refractivity contribution in [3.63, 3.8) is 0 Å². The lowest BCUT2D eigenvalue weighted by atomic mass is 9.82. The molecule has 1 unspecified atom stereocenters. The van der Waals surface area contributed by atoms with E-state index >= 15 is 0 Å². The van der Waals surface area contributed by atoms with Gasteiger partial charge >= 0.3 is 0 Å². The summed E-state index contributed by atoms with van der Waals surface area (Å²) in [5.41, 5.74) is 0.948. The van der Waals surface area contributed by atoms with Gasteiger partial charge in [0.2, 0.25) is 5.88 Å². The molecule has 1 aromatic carbocycles. The van der Waals surface area contributed by atoms with Gasteiger partial charge in [0.1, 0.15) is 11.4 Å². The third-order valence-electron chi connectivity index (χ3n) is 3.85. The molecule has 3 rings (SSSR count). The van der Waals surface area contributed by atoms with E-state index in [-0.39, 0.29) is 11.5 Å². The van der Waals surface area contributed by atoms with Gasteiger partial charge < -0.3 is 9.72 Å². The van der Waals surface area contributed by atoms with Crippen molar-refractivity contribution in [2.24, 2.45) is 0 Å². The van der Waals surface area contributed by atoms with Crippen LogP contribution < -0.4 is 10.3 Å². The Kier molecular flexibility index (Phi) is 3.29. The molecular formula is C16H17ClN2O2. The van der Waals surface area contributed by atoms with Crippen LogP contribution in [0.1, 0.15) is 43.6 Å². The van der Waals surface area contributed by atoms with Crippen LogP contribution in [0.2, 0.25) is 5.02 Å². The number of hydrogen-bond acceptors (Lipinski definition) is 3. The van der Waals surface area contributed by atoms with Gasteiger partial charge in [-0.2, -0.15) is 4.98 Å². The van der Waals surface area contributed by atoms with Gasteiger partial charge in [0, 0.05) is 11.4 Å². The third-order valence-corrected chi connectivity index (χ3v) is 4.10. The minimum Gasteiger partial charge on any atom is -0.470 e. The Bertz CT molecular complexity index is 735. The number of fused-ring (bicyclic) bond motifs is 1. The number of H-pyrrole nitrogens is 1. The number of ether oxygens (including phenoxy) is 1. The zero-order valence-electron chi connectivity index (χ0n) is 12.2. The molecule has 2 aromatic rings. The van der Waals surface area contributed by atoms with Gasteiger partial charge in [0.05, 0.1) is 11.5 Å². The molecule has 0 saturated heterocycles. The van der Waals surface area contributed by atoms with Gasteiger partial charge in [-0.05, 0) is 31.5 Å². The predicted molar refractivity (Wildman–Crippen MR) is 82.2 cm³/mol. The second kappa shape index (κ2) is 4.88. The van der Waals surface area contributed by atoms with Gasteiger partial charge in [-0.1, -0.05) is 30.7 Å². The van der Waals surface area contributed by atoms with E-state index in [2.05, 4.69) is 9.97 Å². The van der Waals surface area contributed by atoms with Crippen LogP contribution in [0.15, 0.2) is 29.1 Å². The van der Waals surface area contributed by atoms with Crippen molar-refractivity contribution in [2.45, 2.75) is 38.7 Å². The highest BCUT2D eigenvalue weighted by Gasteiger charge is 2.45. The summed E-state index contributed by atoms with van der Waals surface area (Å²) in [4.78, 5) is 19.7. The highest BCUT2D eigenvalue weighted by molar-refractivity contribution is 6.30. The summed E-state index contributed by atoms with van der Waals surface area (Å²) in [6.07, 6.45) is 0.665. The normalized spacial score (nSPS) is 19.1. The van der Waals surface area contributed by atoms with Gasteiger partial charge in [-0.25, -0.2) is 0 Å². The van der Waals surface area contributed by atoms with Gasteiger partial charge in [-0.3, -0.25) is 4.79 Å². The lowest BCUT2D eigenvalue weighted by Crippen LogP contribution is -2.32. The van der Waals surface area contributed by atoms with Crippen molar-refractivity contribution < 1.29 is 4.74 Å². The first-order valence-corrected chi connectivity index (χ1v) is 7.37. The molecule has 1 aliphatic rings. The Morgan fingerprint density at radius 1 is 1.33 bits per heavy atom. The van der Waals surface area contributed by atoms with Crippen LogP contribution in [0.4, 0.5) is 0 Å². The number of nitrogens with one attached hydrogen (secondary N) is 1. The monoisotopic (exact) mass is 304 g/mol.